The second-order valence-electron chi connectivity index (χ2n) is 17.1. The standard InChI is InChI=1S/C41H52ClN5O9S/c1-2-26-22-41(26,39(52)45-57(53,54)29-15-16-29)44-36(49)33-20-28-23-47(33)38(51)31(24-9-5-6-10-24)21-35(48)56-34-13-8-12-25(34)11-4-3-7-18-46-37(50)30-17-14-27(42)19-32(30)43-40(46)55-28/h2,14,17,19,24-26,28-29,31,33-34H,1,3-13,15-16,18,20-23H2,(H,44,49)(H,45,52)/t25-,26-,28-,31+,33+,34-,41-/m1/s1. The molecule has 0 unspecified atom stereocenters. The zero-order valence-corrected chi connectivity index (χ0v) is 33.7. The van der Waals surface area contributed by atoms with Crippen molar-refractivity contribution < 1.29 is 37.1 Å². The fourth-order valence-electron chi connectivity index (χ4n) is 9.77. The average Bonchev–Trinajstić information content (AvgIpc) is 3.96. The van der Waals surface area contributed by atoms with Crippen molar-refractivity contribution in [3.05, 3.63) is 46.2 Å². The van der Waals surface area contributed by atoms with Gasteiger partial charge in [0.1, 0.15) is 23.8 Å². The molecule has 1 saturated heterocycles. The molecule has 16 heteroatoms. The first-order valence-electron chi connectivity index (χ1n) is 20.7. The Balaban J connectivity index is 1.14. The molecule has 0 spiro atoms. The number of esters is 1. The van der Waals surface area contributed by atoms with Crippen LogP contribution in [0.4, 0.5) is 0 Å². The van der Waals surface area contributed by atoms with Gasteiger partial charge in [-0.15, -0.1) is 6.58 Å². The van der Waals surface area contributed by atoms with Crippen LogP contribution in [0.15, 0.2) is 35.6 Å². The molecule has 2 aliphatic heterocycles. The van der Waals surface area contributed by atoms with E-state index in [0.29, 0.717) is 41.7 Å². The molecule has 3 heterocycles. The second-order valence-corrected chi connectivity index (χ2v) is 19.5. The second kappa shape index (κ2) is 16.0. The van der Waals surface area contributed by atoms with E-state index < -0.39 is 62.6 Å². The van der Waals surface area contributed by atoms with Crippen LogP contribution in [-0.4, -0.2) is 82.1 Å². The number of hydrogen-bond acceptors (Lipinski definition) is 10. The lowest BCUT2D eigenvalue weighted by Crippen LogP contribution is -2.57. The van der Waals surface area contributed by atoms with Gasteiger partial charge in [-0.3, -0.25) is 33.3 Å². The van der Waals surface area contributed by atoms with Crippen molar-refractivity contribution in [1.29, 1.82) is 0 Å². The van der Waals surface area contributed by atoms with Crippen molar-refractivity contribution in [1.82, 2.24) is 24.5 Å². The van der Waals surface area contributed by atoms with Gasteiger partial charge in [0.2, 0.25) is 21.8 Å². The lowest BCUT2D eigenvalue weighted by molar-refractivity contribution is -0.156. The van der Waals surface area contributed by atoms with Crippen molar-refractivity contribution >= 4 is 56.2 Å². The zero-order valence-electron chi connectivity index (χ0n) is 32.2. The van der Waals surface area contributed by atoms with Gasteiger partial charge in [0.25, 0.3) is 17.5 Å². The van der Waals surface area contributed by atoms with Crippen LogP contribution >= 0.6 is 11.6 Å². The van der Waals surface area contributed by atoms with Crippen LogP contribution in [0.25, 0.3) is 10.9 Å². The summed E-state index contributed by atoms with van der Waals surface area (Å²) in [5, 5.41) is 2.97. The summed E-state index contributed by atoms with van der Waals surface area (Å²) in [5.74, 6) is -3.41. The number of sulfonamides is 1. The minimum atomic E-state index is -3.91. The summed E-state index contributed by atoms with van der Waals surface area (Å²) < 4.78 is 41.9. The molecule has 57 heavy (non-hydrogen) atoms. The Labute approximate surface area is 337 Å². The van der Waals surface area contributed by atoms with Gasteiger partial charge in [-0.05, 0) is 94.2 Å². The smallest absolute Gasteiger partial charge is 0.306 e. The number of carbonyl (C=O) groups is 4. The predicted octanol–water partition coefficient (Wildman–Crippen LogP) is 4.55. The van der Waals surface area contributed by atoms with E-state index in [9.17, 15) is 32.4 Å². The number of aromatic nitrogens is 2. The molecule has 4 saturated carbocycles. The Morgan fingerprint density at radius 1 is 0.947 bits per heavy atom. The van der Waals surface area contributed by atoms with Crippen LogP contribution in [0.3, 0.4) is 0 Å². The lowest BCUT2D eigenvalue weighted by atomic mass is 9.86. The summed E-state index contributed by atoms with van der Waals surface area (Å²) >= 11 is 6.31. The molecule has 8 rings (SSSR count). The number of amides is 3. The zero-order chi connectivity index (χ0) is 40.1. The van der Waals surface area contributed by atoms with E-state index in [1.807, 2.05) is 0 Å². The Kier molecular flexibility index (Phi) is 11.2. The number of ether oxygens (including phenoxy) is 2. The summed E-state index contributed by atoms with van der Waals surface area (Å²) in [6.45, 7) is 4.08. The number of hydrogen-bond donors (Lipinski definition) is 2. The molecule has 3 amide bonds. The van der Waals surface area contributed by atoms with Crippen LogP contribution < -0.4 is 20.3 Å². The third-order valence-electron chi connectivity index (χ3n) is 13.3. The third-order valence-corrected chi connectivity index (χ3v) is 15.3. The van der Waals surface area contributed by atoms with Crippen molar-refractivity contribution in [2.75, 3.05) is 6.54 Å². The quantitative estimate of drug-likeness (QED) is 0.297. The number of halogens is 1. The normalized spacial score (nSPS) is 31.4. The maximum absolute atomic E-state index is 14.9. The number of benzene rings is 1. The highest BCUT2D eigenvalue weighted by molar-refractivity contribution is 7.91. The summed E-state index contributed by atoms with van der Waals surface area (Å²) in [6, 6.07) is 3.79. The molecule has 2 aromatic rings. The summed E-state index contributed by atoms with van der Waals surface area (Å²) in [4.78, 5) is 76.9. The van der Waals surface area contributed by atoms with E-state index in [1.165, 1.54) is 15.5 Å². The largest absolute Gasteiger partial charge is 0.462 e. The van der Waals surface area contributed by atoms with Gasteiger partial charge >= 0.3 is 5.97 Å². The molecule has 4 aliphatic carbocycles. The Bertz CT molecular complexity index is 2120. The topological polar surface area (TPSA) is 183 Å². The van der Waals surface area contributed by atoms with Crippen molar-refractivity contribution in [3.63, 3.8) is 0 Å². The van der Waals surface area contributed by atoms with Gasteiger partial charge in [-0.2, -0.15) is 4.98 Å². The molecular formula is C41H52ClN5O9S. The molecular weight excluding hydrogens is 774 g/mol. The van der Waals surface area contributed by atoms with E-state index in [1.54, 1.807) is 18.2 Å². The highest BCUT2D eigenvalue weighted by Crippen LogP contribution is 2.46. The SMILES string of the molecule is C=C[C@@H]1C[C@]1(NC(=O)[C@@H]1C[C@@H]2CN1C(=O)[C@H](C1CCCC1)CC(=O)O[C@@H]1CCC[C@H]1CCCCCn1c(nc3cc(Cl)ccc3c1=O)O2)C(=O)NS(=O)(=O)C1CC1. The van der Waals surface area contributed by atoms with Crippen LogP contribution in [0.5, 0.6) is 6.01 Å². The minimum absolute atomic E-state index is 0.0105. The molecule has 2 N–H and O–H groups in total. The van der Waals surface area contributed by atoms with E-state index in [2.05, 4.69) is 16.6 Å². The molecule has 2 bridgehead atoms. The summed E-state index contributed by atoms with van der Waals surface area (Å²) in [7, 11) is -3.91. The first kappa shape index (κ1) is 39.8. The van der Waals surface area contributed by atoms with E-state index in [-0.39, 0.29) is 61.2 Å². The van der Waals surface area contributed by atoms with E-state index >= 15 is 0 Å². The van der Waals surface area contributed by atoms with Gasteiger partial charge in [0.05, 0.1) is 35.0 Å². The molecule has 5 fully saturated rings. The molecule has 7 atom stereocenters. The van der Waals surface area contributed by atoms with Gasteiger partial charge in [-0.25, -0.2) is 8.42 Å². The predicted molar refractivity (Wildman–Crippen MR) is 211 cm³/mol. The van der Waals surface area contributed by atoms with Gasteiger partial charge in [0, 0.05) is 23.9 Å². The van der Waals surface area contributed by atoms with Gasteiger partial charge in [0.15, 0.2) is 0 Å². The number of nitrogens with one attached hydrogen (secondary N) is 2. The van der Waals surface area contributed by atoms with Crippen molar-refractivity contribution in [2.24, 2.45) is 23.7 Å². The fraction of sp³-hybridized carbons (Fsp3) is 0.659. The molecule has 6 aliphatic rings. The molecule has 1 aromatic heterocycles. The Morgan fingerprint density at radius 2 is 1.68 bits per heavy atom. The number of fused-ring (bicyclic) bond motifs is 5. The van der Waals surface area contributed by atoms with E-state index in [4.69, 9.17) is 26.1 Å². The Hall–Kier alpha value is -3.98. The highest BCUT2D eigenvalue weighted by Gasteiger charge is 2.62. The molecule has 1 aromatic carbocycles. The molecule has 0 radical (unpaired) electrons. The maximum atomic E-state index is 14.9. The van der Waals surface area contributed by atoms with Crippen molar-refractivity contribution in [2.45, 2.75) is 138 Å². The van der Waals surface area contributed by atoms with Crippen LogP contribution in [0.1, 0.15) is 103 Å². The van der Waals surface area contributed by atoms with Crippen LogP contribution in [-0.2, 0) is 40.5 Å². The average molecular weight is 826 g/mol. The van der Waals surface area contributed by atoms with Crippen LogP contribution in [0, 0.1) is 23.7 Å². The Morgan fingerprint density at radius 3 is 2.42 bits per heavy atom. The highest BCUT2D eigenvalue weighted by atomic mass is 35.5. The molecule has 308 valence electrons. The summed E-state index contributed by atoms with van der Waals surface area (Å²) in [6.07, 6.45) is 10.8. The minimum Gasteiger partial charge on any atom is -0.462 e. The van der Waals surface area contributed by atoms with E-state index in [0.717, 1.165) is 64.2 Å². The lowest BCUT2D eigenvalue weighted by Gasteiger charge is -2.32. The molecule has 14 nitrogen and oxygen atoms in total. The number of carbonyl (C=O) groups excluding carboxylic acids is 4. The number of nitrogens with zero attached hydrogens (tertiary/aromatic N) is 3. The van der Waals surface area contributed by atoms with Gasteiger partial charge in [-0.1, -0.05) is 43.4 Å². The first-order chi connectivity index (χ1) is 27.4. The fourth-order valence-corrected chi connectivity index (χ4v) is 11.3. The third kappa shape index (κ3) is 8.20. The van der Waals surface area contributed by atoms with Crippen LogP contribution in [0.2, 0.25) is 5.02 Å². The number of rotatable bonds is 7. The van der Waals surface area contributed by atoms with Gasteiger partial charge < -0.3 is 19.7 Å². The first-order valence-corrected chi connectivity index (χ1v) is 22.7. The van der Waals surface area contributed by atoms with Crippen molar-refractivity contribution in [3.8, 4) is 6.01 Å². The monoisotopic (exact) mass is 825 g/mol. The summed E-state index contributed by atoms with van der Waals surface area (Å²) in [5.41, 5.74) is -1.50. The maximum Gasteiger partial charge on any atom is 0.306 e.